The Kier molecular flexibility index (Phi) is 6.56. The number of halogens is 1. The highest BCUT2D eigenvalue weighted by Crippen LogP contribution is 2.24. The Balaban J connectivity index is 1.58. The molecule has 0 bridgehead atoms. The van der Waals surface area contributed by atoms with E-state index in [4.69, 9.17) is 21.1 Å². The van der Waals surface area contributed by atoms with Crippen molar-refractivity contribution in [3.8, 4) is 17.2 Å². The summed E-state index contributed by atoms with van der Waals surface area (Å²) >= 11 is 5.99. The molecule has 2 aromatic carbocycles. The number of hydrogen-bond acceptors (Lipinski definition) is 6. The summed E-state index contributed by atoms with van der Waals surface area (Å²) in [5, 5.41) is 12.7. The fourth-order valence-corrected chi connectivity index (χ4v) is 3.86. The molecule has 4 rings (SSSR count). The number of methoxy groups -OCH3 is 2. The van der Waals surface area contributed by atoms with Crippen LogP contribution in [0.15, 0.2) is 47.3 Å². The van der Waals surface area contributed by atoms with Gasteiger partial charge in [0.25, 0.3) is 5.56 Å². The van der Waals surface area contributed by atoms with Crippen LogP contribution in [-0.4, -0.2) is 39.7 Å². The van der Waals surface area contributed by atoms with Crippen LogP contribution in [0.2, 0.25) is 5.02 Å². The molecule has 10 heteroatoms. The second-order valence-corrected chi connectivity index (χ2v) is 8.14. The number of hydrogen-bond donors (Lipinski definition) is 1. The highest BCUT2D eigenvalue weighted by molar-refractivity contribution is 6.30. The van der Waals surface area contributed by atoms with Crippen molar-refractivity contribution in [1.82, 2.24) is 24.9 Å². The predicted octanol–water partition coefficient (Wildman–Crippen LogP) is 3.19. The van der Waals surface area contributed by atoms with Gasteiger partial charge in [0, 0.05) is 23.2 Å². The van der Waals surface area contributed by atoms with Crippen molar-refractivity contribution in [2.45, 2.75) is 26.9 Å². The van der Waals surface area contributed by atoms with Crippen LogP contribution in [0.4, 0.5) is 0 Å². The van der Waals surface area contributed by atoms with Gasteiger partial charge in [-0.05, 0) is 50.2 Å². The zero-order chi connectivity index (χ0) is 24.4. The lowest BCUT2D eigenvalue weighted by Gasteiger charge is -2.12. The van der Waals surface area contributed by atoms with Gasteiger partial charge in [-0.1, -0.05) is 11.6 Å². The number of nitrogens with zero attached hydrogens (tertiary/aromatic N) is 4. The Bertz CT molecular complexity index is 1430. The number of ether oxygens (including phenoxy) is 2. The molecule has 2 aromatic heterocycles. The van der Waals surface area contributed by atoms with Gasteiger partial charge in [0.05, 0.1) is 36.7 Å². The van der Waals surface area contributed by atoms with Crippen LogP contribution in [0.3, 0.4) is 0 Å². The zero-order valence-electron chi connectivity index (χ0n) is 19.3. The second-order valence-electron chi connectivity index (χ2n) is 7.70. The number of carbonyl (C=O) groups is 1. The van der Waals surface area contributed by atoms with Gasteiger partial charge in [-0.15, -0.1) is 0 Å². The smallest absolute Gasteiger partial charge is 0.278 e. The van der Waals surface area contributed by atoms with E-state index in [0.29, 0.717) is 38.8 Å². The first-order valence-corrected chi connectivity index (χ1v) is 10.9. The first-order chi connectivity index (χ1) is 16.3. The standard InChI is InChI=1S/C24H24ClN5O4/c1-14-23-22(15(2)30(28-23)18-8-6-17(25)7-9-18)24(32)29(27-14)13-21(31)26-12-16-5-10-19(33-3)11-20(16)34-4/h5-11H,12-13H2,1-4H3,(H,26,31). The molecule has 0 atom stereocenters. The van der Waals surface area contributed by atoms with E-state index in [1.807, 2.05) is 25.1 Å². The number of carbonyl (C=O) groups excluding carboxylic acids is 1. The molecule has 0 saturated heterocycles. The van der Waals surface area contributed by atoms with Gasteiger partial charge in [-0.2, -0.15) is 10.2 Å². The van der Waals surface area contributed by atoms with Gasteiger partial charge in [0.2, 0.25) is 5.91 Å². The topological polar surface area (TPSA) is 100 Å². The quantitative estimate of drug-likeness (QED) is 0.435. The van der Waals surface area contributed by atoms with E-state index in [2.05, 4.69) is 15.5 Å². The lowest BCUT2D eigenvalue weighted by molar-refractivity contribution is -0.122. The monoisotopic (exact) mass is 481 g/mol. The largest absolute Gasteiger partial charge is 0.497 e. The highest BCUT2D eigenvalue weighted by Gasteiger charge is 2.19. The number of rotatable bonds is 7. The minimum atomic E-state index is -0.379. The summed E-state index contributed by atoms with van der Waals surface area (Å²) in [7, 11) is 3.12. The van der Waals surface area contributed by atoms with E-state index in [0.717, 1.165) is 11.3 Å². The van der Waals surface area contributed by atoms with Crippen LogP contribution in [0.5, 0.6) is 11.5 Å². The Morgan fingerprint density at radius 1 is 1.06 bits per heavy atom. The molecule has 0 aliphatic rings. The van der Waals surface area contributed by atoms with Crippen LogP contribution >= 0.6 is 11.6 Å². The molecule has 0 spiro atoms. The third-order valence-corrected chi connectivity index (χ3v) is 5.76. The molecule has 0 unspecified atom stereocenters. The fourth-order valence-electron chi connectivity index (χ4n) is 3.74. The lowest BCUT2D eigenvalue weighted by atomic mass is 10.2. The first-order valence-electron chi connectivity index (χ1n) is 10.5. The number of aromatic nitrogens is 4. The van der Waals surface area contributed by atoms with Crippen LogP contribution in [0.25, 0.3) is 16.6 Å². The summed E-state index contributed by atoms with van der Waals surface area (Å²) in [6, 6.07) is 12.5. The summed E-state index contributed by atoms with van der Waals surface area (Å²) in [6.45, 7) is 3.58. The molecule has 1 N–H and O–H groups in total. The van der Waals surface area contributed by atoms with E-state index >= 15 is 0 Å². The van der Waals surface area contributed by atoms with Crippen molar-refractivity contribution in [3.05, 3.63) is 74.8 Å². The molecular weight excluding hydrogens is 458 g/mol. The molecule has 9 nitrogen and oxygen atoms in total. The van der Waals surface area contributed by atoms with Gasteiger partial charge in [0.15, 0.2) is 0 Å². The van der Waals surface area contributed by atoms with Crippen molar-refractivity contribution < 1.29 is 14.3 Å². The Morgan fingerprint density at radius 2 is 1.79 bits per heavy atom. The summed E-state index contributed by atoms with van der Waals surface area (Å²) < 4.78 is 13.4. The zero-order valence-corrected chi connectivity index (χ0v) is 20.0. The van der Waals surface area contributed by atoms with Crippen molar-refractivity contribution in [2.75, 3.05) is 14.2 Å². The van der Waals surface area contributed by atoms with E-state index in [1.165, 1.54) is 4.68 Å². The summed E-state index contributed by atoms with van der Waals surface area (Å²) in [5.74, 6) is 0.896. The number of nitrogens with one attached hydrogen (secondary N) is 1. The molecule has 1 amide bonds. The van der Waals surface area contributed by atoms with Crippen molar-refractivity contribution in [2.24, 2.45) is 0 Å². The molecule has 2 heterocycles. The number of amides is 1. The number of fused-ring (bicyclic) bond motifs is 1. The van der Waals surface area contributed by atoms with Gasteiger partial charge < -0.3 is 14.8 Å². The van der Waals surface area contributed by atoms with Crippen molar-refractivity contribution in [1.29, 1.82) is 0 Å². The average molecular weight is 482 g/mol. The molecule has 176 valence electrons. The molecule has 0 radical (unpaired) electrons. The van der Waals surface area contributed by atoms with Crippen molar-refractivity contribution >= 4 is 28.4 Å². The van der Waals surface area contributed by atoms with Gasteiger partial charge in [-0.3, -0.25) is 9.59 Å². The predicted molar refractivity (Wildman–Crippen MR) is 129 cm³/mol. The van der Waals surface area contributed by atoms with Gasteiger partial charge in [-0.25, -0.2) is 9.36 Å². The maximum absolute atomic E-state index is 13.2. The molecule has 0 fully saturated rings. The van der Waals surface area contributed by atoms with E-state index < -0.39 is 0 Å². The van der Waals surface area contributed by atoms with Gasteiger partial charge >= 0.3 is 0 Å². The minimum Gasteiger partial charge on any atom is -0.497 e. The van der Waals surface area contributed by atoms with E-state index in [-0.39, 0.29) is 24.6 Å². The average Bonchev–Trinajstić information content (AvgIpc) is 3.19. The SMILES string of the molecule is COc1ccc(CNC(=O)Cn2nc(C)c3nn(-c4ccc(Cl)cc4)c(C)c3c2=O)c(OC)c1. The van der Waals surface area contributed by atoms with Crippen LogP contribution < -0.4 is 20.3 Å². The Morgan fingerprint density at radius 3 is 2.47 bits per heavy atom. The molecule has 4 aromatic rings. The second kappa shape index (κ2) is 9.56. The maximum atomic E-state index is 13.2. The maximum Gasteiger partial charge on any atom is 0.278 e. The molecule has 34 heavy (non-hydrogen) atoms. The first kappa shape index (κ1) is 23.3. The molecule has 0 aliphatic carbocycles. The highest BCUT2D eigenvalue weighted by atomic mass is 35.5. The fraction of sp³-hybridized carbons (Fsp3) is 0.250. The molecular formula is C24H24ClN5O4. The molecule has 0 saturated carbocycles. The Labute approximate surface area is 200 Å². The molecule has 0 aliphatic heterocycles. The van der Waals surface area contributed by atoms with Crippen molar-refractivity contribution in [3.63, 3.8) is 0 Å². The summed E-state index contributed by atoms with van der Waals surface area (Å²) in [6.07, 6.45) is 0. The number of benzene rings is 2. The van der Waals surface area contributed by atoms with Crippen LogP contribution in [0, 0.1) is 13.8 Å². The third-order valence-electron chi connectivity index (χ3n) is 5.51. The van der Waals surface area contributed by atoms with Gasteiger partial charge in [0.1, 0.15) is 23.6 Å². The third kappa shape index (κ3) is 4.47. The minimum absolute atomic E-state index is 0.223. The van der Waals surface area contributed by atoms with Crippen LogP contribution in [-0.2, 0) is 17.9 Å². The summed E-state index contributed by atoms with van der Waals surface area (Å²) in [5.41, 5.74) is 2.88. The van der Waals surface area contributed by atoms with E-state index in [9.17, 15) is 9.59 Å². The normalized spacial score (nSPS) is 11.0. The summed E-state index contributed by atoms with van der Waals surface area (Å²) in [4.78, 5) is 25.8. The lowest BCUT2D eigenvalue weighted by Crippen LogP contribution is -2.34. The Hall–Kier alpha value is -3.85. The van der Waals surface area contributed by atoms with E-state index in [1.54, 1.807) is 50.1 Å². The van der Waals surface area contributed by atoms with Crippen LogP contribution in [0.1, 0.15) is 17.0 Å². The number of aryl methyl sites for hydroxylation is 2.